The summed E-state index contributed by atoms with van der Waals surface area (Å²) in [5.74, 6) is -0.143. The van der Waals surface area contributed by atoms with Crippen LogP contribution in [0.1, 0.15) is 27.0 Å². The number of morpholine rings is 1. The van der Waals surface area contributed by atoms with Gasteiger partial charge in [0.2, 0.25) is 10.0 Å². The standard InChI is InChI=1S/C21H26N2O4S/c1-16-4-5-19(17(2)14-16)15-22(3)21(24)18-6-8-20(9-7-18)28(25,26)23-10-12-27-13-11-23/h4-9,14H,10-13,15H2,1-3H3. The largest absolute Gasteiger partial charge is 0.379 e. The maximum atomic E-state index is 12.7. The molecule has 0 atom stereocenters. The molecule has 2 aromatic carbocycles. The van der Waals surface area contributed by atoms with Crippen molar-refractivity contribution in [1.29, 1.82) is 0 Å². The van der Waals surface area contributed by atoms with Crippen molar-refractivity contribution in [2.45, 2.75) is 25.3 Å². The number of carbonyl (C=O) groups excluding carboxylic acids is 1. The van der Waals surface area contributed by atoms with Crippen molar-refractivity contribution in [2.75, 3.05) is 33.4 Å². The average Bonchev–Trinajstić information content (AvgIpc) is 2.70. The summed E-state index contributed by atoms with van der Waals surface area (Å²) in [4.78, 5) is 14.6. The molecule has 3 rings (SSSR count). The highest BCUT2D eigenvalue weighted by Gasteiger charge is 2.26. The zero-order valence-corrected chi connectivity index (χ0v) is 17.3. The van der Waals surface area contributed by atoms with Crippen LogP contribution in [0.25, 0.3) is 0 Å². The minimum atomic E-state index is -3.55. The molecule has 0 N–H and O–H groups in total. The van der Waals surface area contributed by atoms with E-state index in [4.69, 9.17) is 4.74 Å². The van der Waals surface area contributed by atoms with Crippen LogP contribution in [-0.2, 0) is 21.3 Å². The molecule has 1 heterocycles. The van der Waals surface area contributed by atoms with Crippen molar-refractivity contribution in [3.05, 3.63) is 64.7 Å². The van der Waals surface area contributed by atoms with Crippen LogP contribution >= 0.6 is 0 Å². The fraction of sp³-hybridized carbons (Fsp3) is 0.381. The van der Waals surface area contributed by atoms with Crippen LogP contribution < -0.4 is 0 Å². The topological polar surface area (TPSA) is 66.9 Å². The molecule has 1 aliphatic heterocycles. The van der Waals surface area contributed by atoms with Crippen molar-refractivity contribution < 1.29 is 17.9 Å². The van der Waals surface area contributed by atoms with E-state index in [1.807, 2.05) is 26.0 Å². The molecule has 0 unspecified atom stereocenters. The number of ether oxygens (including phenoxy) is 1. The van der Waals surface area contributed by atoms with Crippen LogP contribution in [0.15, 0.2) is 47.4 Å². The minimum absolute atomic E-state index is 0.143. The van der Waals surface area contributed by atoms with Gasteiger partial charge >= 0.3 is 0 Å². The molecule has 6 nitrogen and oxygen atoms in total. The Morgan fingerprint density at radius 2 is 1.71 bits per heavy atom. The number of aryl methyl sites for hydroxylation is 2. The van der Waals surface area contributed by atoms with Crippen LogP contribution in [0.5, 0.6) is 0 Å². The lowest BCUT2D eigenvalue weighted by Crippen LogP contribution is -2.40. The van der Waals surface area contributed by atoms with Crippen molar-refractivity contribution in [2.24, 2.45) is 0 Å². The van der Waals surface area contributed by atoms with Crippen molar-refractivity contribution >= 4 is 15.9 Å². The van der Waals surface area contributed by atoms with Gasteiger partial charge in [0.1, 0.15) is 0 Å². The van der Waals surface area contributed by atoms with Crippen molar-refractivity contribution in [1.82, 2.24) is 9.21 Å². The van der Waals surface area contributed by atoms with Crippen LogP contribution in [0.2, 0.25) is 0 Å². The van der Waals surface area contributed by atoms with Gasteiger partial charge in [0.05, 0.1) is 18.1 Å². The summed E-state index contributed by atoms with van der Waals surface area (Å²) in [5, 5.41) is 0. The second-order valence-electron chi connectivity index (χ2n) is 7.13. The molecule has 150 valence electrons. The summed E-state index contributed by atoms with van der Waals surface area (Å²) >= 11 is 0. The molecule has 2 aromatic rings. The second kappa shape index (κ2) is 8.43. The van der Waals surface area contributed by atoms with Gasteiger partial charge in [-0.15, -0.1) is 0 Å². The van der Waals surface area contributed by atoms with Gasteiger partial charge in [-0.2, -0.15) is 4.31 Å². The van der Waals surface area contributed by atoms with Gasteiger partial charge in [-0.1, -0.05) is 23.8 Å². The van der Waals surface area contributed by atoms with Crippen LogP contribution in [0.3, 0.4) is 0 Å². The van der Waals surface area contributed by atoms with E-state index >= 15 is 0 Å². The normalized spacial score (nSPS) is 15.4. The molecule has 0 spiro atoms. The van der Waals surface area contributed by atoms with Crippen molar-refractivity contribution in [3.63, 3.8) is 0 Å². The molecule has 28 heavy (non-hydrogen) atoms. The van der Waals surface area contributed by atoms with Crippen molar-refractivity contribution in [3.8, 4) is 0 Å². The first kappa shape index (κ1) is 20.5. The maximum Gasteiger partial charge on any atom is 0.253 e. The first-order chi connectivity index (χ1) is 13.3. The molecule has 1 saturated heterocycles. The summed E-state index contributed by atoms with van der Waals surface area (Å²) < 4.78 is 32.0. The SMILES string of the molecule is Cc1ccc(CN(C)C(=O)c2ccc(S(=O)(=O)N3CCOCC3)cc2)c(C)c1. The Kier molecular flexibility index (Phi) is 6.17. The van der Waals surface area contributed by atoms with E-state index in [1.54, 1.807) is 24.1 Å². The Labute approximate surface area is 166 Å². The number of sulfonamides is 1. The number of carbonyl (C=O) groups is 1. The molecular weight excluding hydrogens is 376 g/mol. The Hall–Kier alpha value is -2.22. The summed E-state index contributed by atoms with van der Waals surface area (Å²) in [7, 11) is -1.80. The van der Waals surface area contributed by atoms with E-state index in [0.29, 0.717) is 38.4 Å². The Balaban J connectivity index is 1.72. The van der Waals surface area contributed by atoms with Gasteiger partial charge in [0.25, 0.3) is 5.91 Å². The van der Waals surface area contributed by atoms with E-state index in [2.05, 4.69) is 6.07 Å². The maximum absolute atomic E-state index is 12.7. The van der Waals surface area contributed by atoms with E-state index in [0.717, 1.165) is 11.1 Å². The molecule has 0 radical (unpaired) electrons. The van der Waals surface area contributed by atoms with Crippen LogP contribution in [0.4, 0.5) is 0 Å². The molecule has 0 bridgehead atoms. The summed E-state index contributed by atoms with van der Waals surface area (Å²) in [6.07, 6.45) is 0. The third-order valence-corrected chi connectivity index (χ3v) is 6.87. The van der Waals surface area contributed by atoms with Gasteiger partial charge in [0.15, 0.2) is 0 Å². The Morgan fingerprint density at radius 3 is 2.32 bits per heavy atom. The lowest BCUT2D eigenvalue weighted by atomic mass is 10.1. The summed E-state index contributed by atoms with van der Waals surface area (Å²) in [6.45, 7) is 6.07. The number of hydrogen-bond donors (Lipinski definition) is 0. The highest BCUT2D eigenvalue weighted by atomic mass is 32.2. The fourth-order valence-electron chi connectivity index (χ4n) is 3.28. The Bertz CT molecular complexity index is 949. The third kappa shape index (κ3) is 4.43. The number of benzene rings is 2. The van der Waals surface area contributed by atoms with Gasteiger partial charge < -0.3 is 9.64 Å². The number of rotatable bonds is 5. The molecule has 1 fully saturated rings. The smallest absolute Gasteiger partial charge is 0.253 e. The van der Waals surface area contributed by atoms with E-state index in [1.165, 1.54) is 22.0 Å². The van der Waals surface area contributed by atoms with Gasteiger partial charge in [0, 0.05) is 32.2 Å². The molecule has 1 aliphatic rings. The molecule has 0 aromatic heterocycles. The zero-order chi connectivity index (χ0) is 20.3. The average molecular weight is 403 g/mol. The number of nitrogens with zero attached hydrogens (tertiary/aromatic N) is 2. The van der Waals surface area contributed by atoms with E-state index < -0.39 is 10.0 Å². The predicted octanol–water partition coefficient (Wildman–Crippen LogP) is 2.60. The van der Waals surface area contributed by atoms with Crippen LogP contribution in [-0.4, -0.2) is 56.9 Å². The van der Waals surface area contributed by atoms with Crippen LogP contribution in [0, 0.1) is 13.8 Å². The molecular formula is C21H26N2O4S. The van der Waals surface area contributed by atoms with Gasteiger partial charge in [-0.05, 0) is 49.2 Å². The molecule has 0 aliphatic carbocycles. The Morgan fingerprint density at radius 1 is 1.07 bits per heavy atom. The molecule has 1 amide bonds. The lowest BCUT2D eigenvalue weighted by molar-refractivity contribution is 0.0730. The lowest BCUT2D eigenvalue weighted by Gasteiger charge is -2.26. The van der Waals surface area contributed by atoms with E-state index in [9.17, 15) is 13.2 Å². The predicted molar refractivity (Wildman–Crippen MR) is 108 cm³/mol. The monoisotopic (exact) mass is 402 g/mol. The third-order valence-electron chi connectivity index (χ3n) is 4.96. The van der Waals surface area contributed by atoms with Gasteiger partial charge in [-0.3, -0.25) is 4.79 Å². The molecule has 7 heteroatoms. The highest BCUT2D eigenvalue weighted by Crippen LogP contribution is 2.19. The summed E-state index contributed by atoms with van der Waals surface area (Å²) in [6, 6.07) is 12.3. The molecule has 0 saturated carbocycles. The minimum Gasteiger partial charge on any atom is -0.379 e. The fourth-order valence-corrected chi connectivity index (χ4v) is 4.68. The second-order valence-corrected chi connectivity index (χ2v) is 9.07. The quantitative estimate of drug-likeness (QED) is 0.771. The first-order valence-electron chi connectivity index (χ1n) is 9.28. The summed E-state index contributed by atoms with van der Waals surface area (Å²) in [5.41, 5.74) is 3.89. The zero-order valence-electron chi connectivity index (χ0n) is 16.5. The highest BCUT2D eigenvalue weighted by molar-refractivity contribution is 7.89. The number of amides is 1. The van der Waals surface area contributed by atoms with E-state index in [-0.39, 0.29) is 10.8 Å². The number of hydrogen-bond acceptors (Lipinski definition) is 4. The van der Waals surface area contributed by atoms with Gasteiger partial charge in [-0.25, -0.2) is 8.42 Å². The first-order valence-corrected chi connectivity index (χ1v) is 10.7.